The quantitative estimate of drug-likeness (QED) is 0.582. The van der Waals surface area contributed by atoms with Crippen LogP contribution >= 0.6 is 0 Å². The van der Waals surface area contributed by atoms with E-state index in [1.807, 2.05) is 13.0 Å². The summed E-state index contributed by atoms with van der Waals surface area (Å²) in [4.78, 5) is 11.0. The Bertz CT molecular complexity index is 448. The van der Waals surface area contributed by atoms with E-state index in [-0.39, 0.29) is 0 Å². The van der Waals surface area contributed by atoms with E-state index in [0.717, 1.165) is 31.0 Å². The number of nitriles is 1. The van der Waals surface area contributed by atoms with Crippen LogP contribution in [-0.2, 0) is 0 Å². The smallest absolute Gasteiger partial charge is 0.145 e. The van der Waals surface area contributed by atoms with Crippen LogP contribution in [0.5, 0.6) is 0 Å². The largest absolute Gasteiger partial charge is 0.356 e. The van der Waals surface area contributed by atoms with E-state index in [4.69, 9.17) is 11.1 Å². The van der Waals surface area contributed by atoms with E-state index in [1.54, 1.807) is 0 Å². The van der Waals surface area contributed by atoms with Crippen LogP contribution in [0, 0.1) is 11.3 Å². The second-order valence-corrected chi connectivity index (χ2v) is 4.38. The number of rotatable bonds is 6. The lowest BCUT2D eigenvalue weighted by Crippen LogP contribution is -2.25. The summed E-state index contributed by atoms with van der Waals surface area (Å²) in [6, 6.07) is 3.98. The molecule has 0 aliphatic heterocycles. The summed E-state index contributed by atoms with van der Waals surface area (Å²) in [6.45, 7) is 3.54. The van der Waals surface area contributed by atoms with Crippen molar-refractivity contribution in [1.29, 1.82) is 5.26 Å². The zero-order chi connectivity index (χ0) is 13.0. The average Bonchev–Trinajstić information content (AvgIpc) is 3.23. The number of hydrazine groups is 1. The summed E-state index contributed by atoms with van der Waals surface area (Å²) < 4.78 is 0. The van der Waals surface area contributed by atoms with Gasteiger partial charge in [-0.15, -0.1) is 0 Å². The molecule has 0 bridgehead atoms. The molecule has 0 amide bonds. The molecule has 0 saturated heterocycles. The molecular weight excluding hydrogens is 228 g/mol. The van der Waals surface area contributed by atoms with Gasteiger partial charge in [-0.3, -0.25) is 0 Å². The molecule has 1 aliphatic carbocycles. The third-order valence-electron chi connectivity index (χ3n) is 3.02. The van der Waals surface area contributed by atoms with Crippen LogP contribution < -0.4 is 16.2 Å². The van der Waals surface area contributed by atoms with E-state index in [2.05, 4.69) is 26.4 Å². The van der Waals surface area contributed by atoms with Crippen molar-refractivity contribution in [1.82, 2.24) is 9.97 Å². The molecule has 1 saturated carbocycles. The van der Waals surface area contributed by atoms with Crippen LogP contribution in [0.15, 0.2) is 6.07 Å². The molecule has 1 heterocycles. The highest BCUT2D eigenvalue weighted by Crippen LogP contribution is 2.39. The number of nitrogens with one attached hydrogen (secondary N) is 1. The van der Waals surface area contributed by atoms with Gasteiger partial charge in [0.25, 0.3) is 0 Å². The Hall–Kier alpha value is -1.87. The zero-order valence-electron chi connectivity index (χ0n) is 10.6. The molecule has 1 aliphatic rings. The predicted octanol–water partition coefficient (Wildman–Crippen LogP) is 1.38. The number of anilines is 2. The van der Waals surface area contributed by atoms with E-state index in [9.17, 15) is 0 Å². The number of nitrogen functional groups attached to an aromatic ring is 1. The Morgan fingerprint density at radius 2 is 2.33 bits per heavy atom. The zero-order valence-corrected chi connectivity index (χ0v) is 10.6. The molecule has 0 atom stereocenters. The molecule has 6 nitrogen and oxygen atoms in total. The molecule has 2 rings (SSSR count). The highest BCUT2D eigenvalue weighted by atomic mass is 15.3. The van der Waals surface area contributed by atoms with E-state index in [0.29, 0.717) is 24.7 Å². The van der Waals surface area contributed by atoms with Crippen molar-refractivity contribution in [3.05, 3.63) is 11.9 Å². The maximum atomic E-state index is 8.67. The van der Waals surface area contributed by atoms with Gasteiger partial charge >= 0.3 is 0 Å². The minimum absolute atomic E-state index is 0.478. The van der Waals surface area contributed by atoms with Crippen molar-refractivity contribution in [2.75, 3.05) is 23.4 Å². The molecule has 1 fully saturated rings. The summed E-state index contributed by atoms with van der Waals surface area (Å²) in [5.74, 6) is 8.26. The SMILES string of the molecule is CCN(CCC#N)c1cc(NN)nc(C2CC2)n1. The Labute approximate surface area is 107 Å². The van der Waals surface area contributed by atoms with Crippen LogP contribution in [0.4, 0.5) is 11.6 Å². The van der Waals surface area contributed by atoms with Crippen molar-refractivity contribution in [3.63, 3.8) is 0 Å². The maximum absolute atomic E-state index is 8.67. The lowest BCUT2D eigenvalue weighted by molar-refractivity contribution is 0.794. The molecule has 6 heteroatoms. The van der Waals surface area contributed by atoms with Crippen LogP contribution in [0.3, 0.4) is 0 Å². The summed E-state index contributed by atoms with van der Waals surface area (Å²) in [5.41, 5.74) is 2.58. The number of nitrogens with zero attached hydrogens (tertiary/aromatic N) is 4. The topological polar surface area (TPSA) is 90.9 Å². The van der Waals surface area contributed by atoms with E-state index < -0.39 is 0 Å². The number of aromatic nitrogens is 2. The van der Waals surface area contributed by atoms with Gasteiger partial charge in [-0.25, -0.2) is 15.8 Å². The minimum atomic E-state index is 0.478. The summed E-state index contributed by atoms with van der Waals surface area (Å²) in [5, 5.41) is 8.67. The van der Waals surface area contributed by atoms with Crippen molar-refractivity contribution in [3.8, 4) is 6.07 Å². The first kappa shape index (κ1) is 12.6. The van der Waals surface area contributed by atoms with Gasteiger partial charge in [0.1, 0.15) is 17.5 Å². The summed E-state index contributed by atoms with van der Waals surface area (Å²) >= 11 is 0. The molecule has 18 heavy (non-hydrogen) atoms. The summed E-state index contributed by atoms with van der Waals surface area (Å²) in [6.07, 6.45) is 2.79. The van der Waals surface area contributed by atoms with Crippen LogP contribution in [0.2, 0.25) is 0 Å². The van der Waals surface area contributed by atoms with Crippen molar-refractivity contribution < 1.29 is 0 Å². The Balaban J connectivity index is 2.23. The maximum Gasteiger partial charge on any atom is 0.145 e. The van der Waals surface area contributed by atoms with Gasteiger partial charge in [0, 0.05) is 25.1 Å². The fourth-order valence-corrected chi connectivity index (χ4v) is 1.83. The van der Waals surface area contributed by atoms with Crippen molar-refractivity contribution >= 4 is 11.6 Å². The molecule has 0 spiro atoms. The van der Waals surface area contributed by atoms with Gasteiger partial charge < -0.3 is 10.3 Å². The van der Waals surface area contributed by atoms with E-state index >= 15 is 0 Å². The van der Waals surface area contributed by atoms with Crippen LogP contribution in [0.25, 0.3) is 0 Å². The first-order chi connectivity index (χ1) is 8.78. The monoisotopic (exact) mass is 246 g/mol. The molecule has 0 unspecified atom stereocenters. The molecule has 0 radical (unpaired) electrons. The first-order valence-corrected chi connectivity index (χ1v) is 6.26. The van der Waals surface area contributed by atoms with Gasteiger partial charge in [0.2, 0.25) is 0 Å². The lowest BCUT2D eigenvalue weighted by atomic mass is 10.3. The number of hydrogen-bond acceptors (Lipinski definition) is 6. The van der Waals surface area contributed by atoms with Gasteiger partial charge in [-0.1, -0.05) is 0 Å². The Morgan fingerprint density at radius 3 is 2.89 bits per heavy atom. The molecule has 0 aromatic carbocycles. The fourth-order valence-electron chi connectivity index (χ4n) is 1.83. The van der Waals surface area contributed by atoms with Gasteiger partial charge in [-0.05, 0) is 19.8 Å². The normalized spacial score (nSPS) is 14.1. The highest BCUT2D eigenvalue weighted by Gasteiger charge is 2.27. The standard InChI is InChI=1S/C12H18N6/c1-2-18(7-3-6-13)11-8-10(17-14)15-12(16-11)9-4-5-9/h8-9H,2-5,7,14H2,1H3,(H,15,16,17). The molecule has 1 aromatic heterocycles. The fraction of sp³-hybridized carbons (Fsp3) is 0.583. The minimum Gasteiger partial charge on any atom is -0.356 e. The van der Waals surface area contributed by atoms with Crippen molar-refractivity contribution in [2.24, 2.45) is 5.84 Å². The second kappa shape index (κ2) is 5.65. The third kappa shape index (κ3) is 2.87. The van der Waals surface area contributed by atoms with Gasteiger partial charge in [-0.2, -0.15) is 5.26 Å². The number of hydrogen-bond donors (Lipinski definition) is 2. The van der Waals surface area contributed by atoms with Crippen LogP contribution in [-0.4, -0.2) is 23.1 Å². The molecule has 96 valence electrons. The first-order valence-electron chi connectivity index (χ1n) is 6.26. The van der Waals surface area contributed by atoms with E-state index in [1.165, 1.54) is 0 Å². The van der Waals surface area contributed by atoms with Gasteiger partial charge in [0.15, 0.2) is 0 Å². The lowest BCUT2D eigenvalue weighted by Gasteiger charge is -2.21. The Kier molecular flexibility index (Phi) is 3.95. The molecule has 3 N–H and O–H groups in total. The second-order valence-electron chi connectivity index (χ2n) is 4.38. The van der Waals surface area contributed by atoms with Crippen LogP contribution in [0.1, 0.15) is 37.9 Å². The highest BCUT2D eigenvalue weighted by molar-refractivity contribution is 5.49. The summed E-state index contributed by atoms with van der Waals surface area (Å²) in [7, 11) is 0. The van der Waals surface area contributed by atoms with Gasteiger partial charge in [0.05, 0.1) is 12.5 Å². The number of nitrogens with two attached hydrogens (primary N) is 1. The molecule has 1 aromatic rings. The predicted molar refractivity (Wildman–Crippen MR) is 69.9 cm³/mol. The third-order valence-corrected chi connectivity index (χ3v) is 3.02. The van der Waals surface area contributed by atoms with Crippen molar-refractivity contribution in [2.45, 2.75) is 32.1 Å². The average molecular weight is 246 g/mol. The Morgan fingerprint density at radius 1 is 1.56 bits per heavy atom. The molecular formula is C12H18N6.